The molecule has 2 N–H and O–H groups in total. The second kappa shape index (κ2) is 4.37. The smallest absolute Gasteiger partial charge is 0.238 e. The molecular formula is C11H8ClFN2O. The van der Waals surface area contributed by atoms with Gasteiger partial charge in [-0.1, -0.05) is 17.7 Å². The van der Waals surface area contributed by atoms with E-state index in [-0.39, 0.29) is 17.3 Å². The fourth-order valence-electron chi connectivity index (χ4n) is 1.18. The average Bonchev–Trinajstić information content (AvgIpc) is 2.26. The third kappa shape index (κ3) is 2.06. The zero-order valence-corrected chi connectivity index (χ0v) is 8.91. The lowest BCUT2D eigenvalue weighted by atomic mass is 10.3. The van der Waals surface area contributed by atoms with E-state index >= 15 is 0 Å². The van der Waals surface area contributed by atoms with E-state index in [0.717, 1.165) is 0 Å². The van der Waals surface area contributed by atoms with Crippen LogP contribution in [-0.2, 0) is 0 Å². The molecular weight excluding hydrogens is 231 g/mol. The van der Waals surface area contributed by atoms with Gasteiger partial charge in [0.05, 0.1) is 5.69 Å². The molecule has 5 heteroatoms. The first-order valence-corrected chi connectivity index (χ1v) is 4.88. The highest BCUT2D eigenvalue weighted by molar-refractivity contribution is 6.31. The van der Waals surface area contributed by atoms with Crippen LogP contribution in [0.3, 0.4) is 0 Å². The molecule has 0 spiro atoms. The van der Waals surface area contributed by atoms with E-state index in [2.05, 4.69) is 4.98 Å². The minimum Gasteiger partial charge on any atom is -0.432 e. The fourth-order valence-corrected chi connectivity index (χ4v) is 1.34. The van der Waals surface area contributed by atoms with Gasteiger partial charge in [0.1, 0.15) is 5.02 Å². The van der Waals surface area contributed by atoms with Gasteiger partial charge in [0.15, 0.2) is 11.6 Å². The first kappa shape index (κ1) is 10.7. The number of anilines is 1. The topological polar surface area (TPSA) is 48.1 Å². The molecule has 0 aliphatic rings. The number of nitrogens with two attached hydrogens (primary N) is 1. The summed E-state index contributed by atoms with van der Waals surface area (Å²) >= 11 is 5.83. The third-order valence-corrected chi connectivity index (χ3v) is 2.21. The number of nitrogens with zero attached hydrogens (tertiary/aromatic N) is 1. The van der Waals surface area contributed by atoms with Gasteiger partial charge in [-0.05, 0) is 24.3 Å². The summed E-state index contributed by atoms with van der Waals surface area (Å²) in [6.07, 6.45) is 1.50. The van der Waals surface area contributed by atoms with Crippen LogP contribution in [-0.4, -0.2) is 4.98 Å². The van der Waals surface area contributed by atoms with Gasteiger partial charge in [0.2, 0.25) is 5.88 Å². The molecule has 0 saturated heterocycles. The maximum absolute atomic E-state index is 13.4. The van der Waals surface area contributed by atoms with Crippen LogP contribution in [0.1, 0.15) is 0 Å². The number of ether oxygens (including phenoxy) is 1. The Morgan fingerprint density at radius 1 is 1.25 bits per heavy atom. The Kier molecular flexibility index (Phi) is 2.92. The summed E-state index contributed by atoms with van der Waals surface area (Å²) in [4.78, 5) is 3.88. The van der Waals surface area contributed by atoms with Gasteiger partial charge >= 0.3 is 0 Å². The highest BCUT2D eigenvalue weighted by Gasteiger charge is 2.11. The summed E-state index contributed by atoms with van der Waals surface area (Å²) in [6, 6.07) is 7.54. The average molecular weight is 239 g/mol. The number of halogens is 2. The molecule has 16 heavy (non-hydrogen) atoms. The van der Waals surface area contributed by atoms with Crippen LogP contribution in [0.2, 0.25) is 5.02 Å². The van der Waals surface area contributed by atoms with Crippen molar-refractivity contribution in [2.45, 2.75) is 0 Å². The van der Waals surface area contributed by atoms with Gasteiger partial charge in [-0.3, -0.25) is 0 Å². The minimum atomic E-state index is -0.554. The molecule has 0 aliphatic heterocycles. The monoisotopic (exact) mass is 238 g/mol. The van der Waals surface area contributed by atoms with E-state index in [1.807, 2.05) is 0 Å². The number of hydrogen-bond acceptors (Lipinski definition) is 3. The summed E-state index contributed by atoms with van der Waals surface area (Å²) in [5, 5.41) is 0.296. The highest BCUT2D eigenvalue weighted by atomic mass is 35.5. The molecule has 0 bridgehead atoms. The van der Waals surface area contributed by atoms with Crippen molar-refractivity contribution in [1.82, 2.24) is 4.98 Å². The number of pyridine rings is 1. The van der Waals surface area contributed by atoms with Crippen LogP contribution >= 0.6 is 11.6 Å². The third-order valence-electron chi connectivity index (χ3n) is 1.92. The normalized spacial score (nSPS) is 10.1. The molecule has 0 aliphatic carbocycles. The van der Waals surface area contributed by atoms with Crippen LogP contribution in [0.4, 0.5) is 10.1 Å². The standard InChI is InChI=1S/C11H8ClFN2O/c12-7-3-2-6-15-11(7)16-10-8(13)4-1-5-9(10)14/h1-6H,14H2. The van der Waals surface area contributed by atoms with E-state index < -0.39 is 5.82 Å². The minimum absolute atomic E-state index is 0.0666. The van der Waals surface area contributed by atoms with Crippen LogP contribution in [0.25, 0.3) is 0 Å². The van der Waals surface area contributed by atoms with Crippen LogP contribution in [0, 0.1) is 5.82 Å². The van der Waals surface area contributed by atoms with Crippen molar-refractivity contribution in [3.63, 3.8) is 0 Å². The van der Waals surface area contributed by atoms with Crippen molar-refractivity contribution >= 4 is 17.3 Å². The van der Waals surface area contributed by atoms with Crippen molar-refractivity contribution in [3.8, 4) is 11.6 Å². The fraction of sp³-hybridized carbons (Fsp3) is 0. The number of benzene rings is 1. The number of rotatable bonds is 2. The van der Waals surface area contributed by atoms with Gasteiger partial charge in [0, 0.05) is 6.20 Å². The van der Waals surface area contributed by atoms with E-state index in [1.165, 1.54) is 24.4 Å². The molecule has 0 radical (unpaired) electrons. The molecule has 82 valence electrons. The molecule has 2 aromatic rings. The Morgan fingerprint density at radius 2 is 2.06 bits per heavy atom. The van der Waals surface area contributed by atoms with Crippen LogP contribution in [0.5, 0.6) is 11.6 Å². The largest absolute Gasteiger partial charge is 0.432 e. The van der Waals surface area contributed by atoms with Crippen molar-refractivity contribution in [3.05, 3.63) is 47.4 Å². The van der Waals surface area contributed by atoms with Crippen molar-refractivity contribution in [1.29, 1.82) is 0 Å². The Balaban J connectivity index is 2.38. The number of aromatic nitrogens is 1. The van der Waals surface area contributed by atoms with E-state index in [9.17, 15) is 4.39 Å². The molecule has 2 rings (SSSR count). The molecule has 0 fully saturated rings. The Hall–Kier alpha value is -1.81. The lowest BCUT2D eigenvalue weighted by Gasteiger charge is -2.08. The molecule has 0 unspecified atom stereocenters. The first-order valence-electron chi connectivity index (χ1n) is 4.51. The molecule has 3 nitrogen and oxygen atoms in total. The molecule has 0 amide bonds. The first-order chi connectivity index (χ1) is 7.68. The van der Waals surface area contributed by atoms with Gasteiger partial charge in [0.25, 0.3) is 0 Å². The second-order valence-electron chi connectivity index (χ2n) is 3.05. The molecule has 1 heterocycles. The van der Waals surface area contributed by atoms with E-state index in [4.69, 9.17) is 22.1 Å². The molecule has 0 atom stereocenters. The predicted molar refractivity (Wildman–Crippen MR) is 60.1 cm³/mol. The van der Waals surface area contributed by atoms with Crippen LogP contribution < -0.4 is 10.5 Å². The van der Waals surface area contributed by atoms with E-state index in [0.29, 0.717) is 5.02 Å². The van der Waals surface area contributed by atoms with Gasteiger partial charge in [-0.2, -0.15) is 0 Å². The Bertz CT molecular complexity index is 499. The predicted octanol–water partition coefficient (Wildman–Crippen LogP) is 3.25. The van der Waals surface area contributed by atoms with Crippen molar-refractivity contribution < 1.29 is 9.13 Å². The summed E-state index contributed by atoms with van der Waals surface area (Å²) < 4.78 is 18.6. The lowest BCUT2D eigenvalue weighted by Crippen LogP contribution is -1.96. The quantitative estimate of drug-likeness (QED) is 0.817. The SMILES string of the molecule is Nc1cccc(F)c1Oc1ncccc1Cl. The Morgan fingerprint density at radius 3 is 2.75 bits per heavy atom. The maximum atomic E-state index is 13.4. The van der Waals surface area contributed by atoms with Gasteiger partial charge in [-0.25, -0.2) is 9.37 Å². The van der Waals surface area contributed by atoms with Gasteiger partial charge < -0.3 is 10.5 Å². The lowest BCUT2D eigenvalue weighted by molar-refractivity contribution is 0.430. The highest BCUT2D eigenvalue weighted by Crippen LogP contribution is 2.32. The molecule has 1 aromatic heterocycles. The second-order valence-corrected chi connectivity index (χ2v) is 3.46. The van der Waals surface area contributed by atoms with E-state index in [1.54, 1.807) is 12.1 Å². The summed E-state index contributed by atoms with van der Waals surface area (Å²) in [6.45, 7) is 0. The number of nitrogen functional groups attached to an aromatic ring is 1. The maximum Gasteiger partial charge on any atom is 0.238 e. The number of hydrogen-bond donors (Lipinski definition) is 1. The van der Waals surface area contributed by atoms with Crippen LogP contribution in [0.15, 0.2) is 36.5 Å². The van der Waals surface area contributed by atoms with Crippen molar-refractivity contribution in [2.75, 3.05) is 5.73 Å². The number of para-hydroxylation sites is 1. The zero-order valence-electron chi connectivity index (χ0n) is 8.15. The Labute approximate surface area is 96.6 Å². The summed E-state index contributed by atoms with van der Waals surface area (Å²) in [5.41, 5.74) is 5.78. The van der Waals surface area contributed by atoms with Gasteiger partial charge in [-0.15, -0.1) is 0 Å². The molecule has 0 saturated carbocycles. The van der Waals surface area contributed by atoms with Crippen molar-refractivity contribution in [2.24, 2.45) is 0 Å². The molecule has 1 aromatic carbocycles. The summed E-state index contributed by atoms with van der Waals surface area (Å²) in [7, 11) is 0. The zero-order chi connectivity index (χ0) is 11.5. The summed E-state index contributed by atoms with van der Waals surface area (Å²) in [5.74, 6) is -0.495.